The van der Waals surface area contributed by atoms with Gasteiger partial charge in [0.15, 0.2) is 5.13 Å². The number of nitrogens with one attached hydrogen (secondary N) is 1. The van der Waals surface area contributed by atoms with Gasteiger partial charge in [0.05, 0.1) is 10.6 Å². The minimum atomic E-state index is -3.84. The second-order valence-electron chi connectivity index (χ2n) is 4.39. The van der Waals surface area contributed by atoms with E-state index >= 15 is 0 Å². The van der Waals surface area contributed by atoms with Crippen LogP contribution in [0, 0.1) is 13.8 Å². The Bertz CT molecular complexity index is 812. The molecule has 1 aromatic heterocycles. The summed E-state index contributed by atoms with van der Waals surface area (Å²) in [5.74, 6) is -0.392. The highest BCUT2D eigenvalue weighted by molar-refractivity contribution is 7.89. The van der Waals surface area contributed by atoms with E-state index in [1.54, 1.807) is 19.9 Å². The number of rotatable bonds is 3. The van der Waals surface area contributed by atoms with Crippen LogP contribution in [0.5, 0.6) is 0 Å². The zero-order valence-electron chi connectivity index (χ0n) is 11.4. The number of thiazole rings is 1. The quantitative estimate of drug-likeness (QED) is 0.781. The zero-order chi connectivity index (χ0) is 15.8. The number of primary sulfonamides is 1. The van der Waals surface area contributed by atoms with E-state index in [0.717, 1.165) is 11.3 Å². The Kier molecular flexibility index (Phi) is 3.99. The number of nitrogens with zero attached hydrogens (tertiary/aromatic N) is 1. The van der Waals surface area contributed by atoms with Crippen LogP contribution in [0.3, 0.4) is 0 Å². The Morgan fingerprint density at radius 3 is 2.52 bits per heavy atom. The highest BCUT2D eigenvalue weighted by atomic mass is 32.2. The second kappa shape index (κ2) is 5.43. The summed E-state index contributed by atoms with van der Waals surface area (Å²) in [4.78, 5) is 16.5. The third kappa shape index (κ3) is 3.20. The first-order valence-corrected chi connectivity index (χ1v) is 8.23. The van der Waals surface area contributed by atoms with E-state index in [0.29, 0.717) is 27.0 Å². The van der Waals surface area contributed by atoms with Gasteiger partial charge in [0, 0.05) is 5.69 Å². The van der Waals surface area contributed by atoms with Crippen molar-refractivity contribution in [3.8, 4) is 0 Å². The standard InChI is InChI=1S/C12H14N4O3S2/c1-6-8(4-3-5-9(6)21(14,18)19)16-11(17)10-7(2)15-12(13)20-10/h3-5H,1-2H3,(H2,13,15)(H,16,17)(H2,14,18,19). The zero-order valence-corrected chi connectivity index (χ0v) is 13.0. The third-order valence-corrected chi connectivity index (χ3v) is 4.90. The molecular weight excluding hydrogens is 312 g/mol. The molecule has 0 saturated heterocycles. The van der Waals surface area contributed by atoms with Crippen LogP contribution in [0.15, 0.2) is 23.1 Å². The molecule has 0 aliphatic carbocycles. The van der Waals surface area contributed by atoms with E-state index in [4.69, 9.17) is 10.9 Å². The average Bonchev–Trinajstić information content (AvgIpc) is 2.69. The Morgan fingerprint density at radius 1 is 1.33 bits per heavy atom. The summed E-state index contributed by atoms with van der Waals surface area (Å²) in [5, 5.41) is 8.08. The van der Waals surface area contributed by atoms with Crippen molar-refractivity contribution in [2.24, 2.45) is 5.14 Å². The van der Waals surface area contributed by atoms with Crippen LogP contribution >= 0.6 is 11.3 Å². The summed E-state index contributed by atoms with van der Waals surface area (Å²) >= 11 is 1.07. The fourth-order valence-electron chi connectivity index (χ4n) is 1.87. The fraction of sp³-hybridized carbons (Fsp3) is 0.167. The number of nitrogen functional groups attached to an aromatic ring is 1. The maximum Gasteiger partial charge on any atom is 0.267 e. The Morgan fingerprint density at radius 2 is 2.00 bits per heavy atom. The lowest BCUT2D eigenvalue weighted by Crippen LogP contribution is -2.17. The van der Waals surface area contributed by atoms with Crippen LogP contribution in [0.25, 0.3) is 0 Å². The number of benzene rings is 1. The third-order valence-electron chi connectivity index (χ3n) is 2.86. The SMILES string of the molecule is Cc1nc(N)sc1C(=O)Nc1cccc(S(N)(=O)=O)c1C. The predicted molar refractivity (Wildman–Crippen MR) is 81.8 cm³/mol. The summed E-state index contributed by atoms with van der Waals surface area (Å²) in [7, 11) is -3.84. The topological polar surface area (TPSA) is 128 Å². The minimum absolute atomic E-state index is 0.0270. The van der Waals surface area contributed by atoms with Gasteiger partial charge in [-0.25, -0.2) is 18.5 Å². The molecule has 2 rings (SSSR count). The van der Waals surface area contributed by atoms with Crippen molar-refractivity contribution in [1.29, 1.82) is 0 Å². The van der Waals surface area contributed by atoms with Gasteiger partial charge < -0.3 is 11.1 Å². The second-order valence-corrected chi connectivity index (χ2v) is 6.95. The Hall–Kier alpha value is -1.97. The molecule has 9 heteroatoms. The molecule has 1 aromatic carbocycles. The molecule has 112 valence electrons. The molecule has 0 atom stereocenters. The number of anilines is 2. The minimum Gasteiger partial charge on any atom is -0.375 e. The van der Waals surface area contributed by atoms with Gasteiger partial charge in [-0.3, -0.25) is 4.79 Å². The lowest BCUT2D eigenvalue weighted by molar-refractivity contribution is 0.102. The van der Waals surface area contributed by atoms with Crippen LogP contribution in [-0.4, -0.2) is 19.3 Å². The highest BCUT2D eigenvalue weighted by Crippen LogP contribution is 2.25. The van der Waals surface area contributed by atoms with Crippen molar-refractivity contribution in [2.75, 3.05) is 11.1 Å². The van der Waals surface area contributed by atoms with Crippen molar-refractivity contribution < 1.29 is 13.2 Å². The molecule has 1 heterocycles. The van der Waals surface area contributed by atoms with Crippen molar-refractivity contribution in [1.82, 2.24) is 4.98 Å². The summed E-state index contributed by atoms with van der Waals surface area (Å²) in [5.41, 5.74) is 6.83. The Balaban J connectivity index is 2.37. The van der Waals surface area contributed by atoms with E-state index < -0.39 is 15.9 Å². The van der Waals surface area contributed by atoms with Gasteiger partial charge in [-0.2, -0.15) is 0 Å². The van der Waals surface area contributed by atoms with Crippen molar-refractivity contribution in [3.05, 3.63) is 34.3 Å². The first-order valence-electron chi connectivity index (χ1n) is 5.87. The first-order chi connectivity index (χ1) is 9.70. The number of sulfonamides is 1. The van der Waals surface area contributed by atoms with E-state index in [-0.39, 0.29) is 4.90 Å². The van der Waals surface area contributed by atoms with Crippen molar-refractivity contribution >= 4 is 38.1 Å². The van der Waals surface area contributed by atoms with E-state index in [9.17, 15) is 13.2 Å². The maximum atomic E-state index is 12.2. The van der Waals surface area contributed by atoms with Crippen LogP contribution in [0.4, 0.5) is 10.8 Å². The lowest BCUT2D eigenvalue weighted by Gasteiger charge is -2.10. The molecule has 7 nitrogen and oxygen atoms in total. The average molecular weight is 326 g/mol. The summed E-state index contributed by atoms with van der Waals surface area (Å²) < 4.78 is 22.9. The number of carbonyl (C=O) groups excluding carboxylic acids is 1. The number of amides is 1. The molecule has 0 fully saturated rings. The number of nitrogens with two attached hydrogens (primary N) is 2. The van der Waals surface area contributed by atoms with E-state index in [2.05, 4.69) is 10.3 Å². The van der Waals surface area contributed by atoms with Crippen LogP contribution < -0.4 is 16.2 Å². The van der Waals surface area contributed by atoms with Crippen LogP contribution in [0.2, 0.25) is 0 Å². The Labute approximate surface area is 126 Å². The van der Waals surface area contributed by atoms with Crippen molar-refractivity contribution in [3.63, 3.8) is 0 Å². The molecule has 5 N–H and O–H groups in total. The number of aromatic nitrogens is 1. The van der Waals surface area contributed by atoms with Gasteiger partial charge in [-0.05, 0) is 31.5 Å². The summed E-state index contributed by atoms with van der Waals surface area (Å²) in [6.07, 6.45) is 0. The first kappa shape index (κ1) is 15.4. The lowest BCUT2D eigenvalue weighted by atomic mass is 10.2. The largest absolute Gasteiger partial charge is 0.375 e. The molecule has 0 unspecified atom stereocenters. The molecule has 0 aliphatic rings. The molecular formula is C12H14N4O3S2. The predicted octanol–water partition coefficient (Wildman–Crippen LogP) is 1.24. The van der Waals surface area contributed by atoms with Gasteiger partial charge >= 0.3 is 0 Å². The number of aryl methyl sites for hydroxylation is 1. The molecule has 0 spiro atoms. The number of carbonyl (C=O) groups is 1. The van der Waals surface area contributed by atoms with E-state index in [1.165, 1.54) is 12.1 Å². The smallest absolute Gasteiger partial charge is 0.267 e. The van der Waals surface area contributed by atoms with Gasteiger partial charge in [0.2, 0.25) is 10.0 Å². The van der Waals surface area contributed by atoms with Gasteiger partial charge in [-0.1, -0.05) is 17.4 Å². The van der Waals surface area contributed by atoms with Crippen molar-refractivity contribution in [2.45, 2.75) is 18.7 Å². The molecule has 2 aromatic rings. The fourth-order valence-corrected chi connectivity index (χ4v) is 3.40. The van der Waals surface area contributed by atoms with Crippen LogP contribution in [0.1, 0.15) is 20.9 Å². The molecule has 0 radical (unpaired) electrons. The van der Waals surface area contributed by atoms with Gasteiger partial charge in [0.1, 0.15) is 4.88 Å². The molecule has 0 saturated carbocycles. The molecule has 21 heavy (non-hydrogen) atoms. The van der Waals surface area contributed by atoms with Crippen LogP contribution in [-0.2, 0) is 10.0 Å². The van der Waals surface area contributed by atoms with E-state index in [1.807, 2.05) is 0 Å². The normalized spacial score (nSPS) is 11.4. The summed E-state index contributed by atoms with van der Waals surface area (Å²) in [6, 6.07) is 4.49. The monoisotopic (exact) mass is 326 g/mol. The number of hydrogen-bond acceptors (Lipinski definition) is 6. The number of hydrogen-bond donors (Lipinski definition) is 3. The molecule has 1 amide bonds. The molecule has 0 bridgehead atoms. The maximum absolute atomic E-state index is 12.2. The van der Waals surface area contributed by atoms with Gasteiger partial charge in [-0.15, -0.1) is 0 Å². The highest BCUT2D eigenvalue weighted by Gasteiger charge is 2.18. The summed E-state index contributed by atoms with van der Waals surface area (Å²) in [6.45, 7) is 3.25. The molecule has 0 aliphatic heterocycles. The van der Waals surface area contributed by atoms with Gasteiger partial charge in [0.25, 0.3) is 5.91 Å².